The second-order valence-electron chi connectivity index (χ2n) is 6.64. The van der Waals surface area contributed by atoms with E-state index in [-0.39, 0.29) is 5.69 Å². The van der Waals surface area contributed by atoms with Crippen molar-refractivity contribution in [2.24, 2.45) is 0 Å². The third-order valence-corrected chi connectivity index (χ3v) is 4.73. The number of nitro groups is 1. The molecule has 144 valence electrons. The van der Waals surface area contributed by atoms with Crippen molar-refractivity contribution in [3.8, 4) is 0 Å². The van der Waals surface area contributed by atoms with Crippen molar-refractivity contribution in [2.75, 3.05) is 5.32 Å². The van der Waals surface area contributed by atoms with Gasteiger partial charge in [0.25, 0.3) is 11.6 Å². The molecule has 0 aliphatic carbocycles. The number of carbonyl (C=O) groups excluding carboxylic acids is 2. The summed E-state index contributed by atoms with van der Waals surface area (Å²) in [5.74, 6) is -0.839. The lowest BCUT2D eigenvalue weighted by atomic mass is 9.93. The predicted molar refractivity (Wildman–Crippen MR) is 106 cm³/mol. The van der Waals surface area contributed by atoms with Gasteiger partial charge in [-0.1, -0.05) is 36.4 Å². The molecule has 0 spiro atoms. The number of ether oxygens (including phenoxy) is 1. The number of non-ortho nitro benzene ring substituents is 1. The molecule has 29 heavy (non-hydrogen) atoms. The van der Waals surface area contributed by atoms with Gasteiger partial charge in [-0.2, -0.15) is 0 Å². The van der Waals surface area contributed by atoms with Gasteiger partial charge >= 0.3 is 5.97 Å². The van der Waals surface area contributed by atoms with E-state index < -0.39 is 22.9 Å². The SMILES string of the molecule is O=C(Nc1cccc([N+](=O)[O-])c1)c1ccc2c(c1)C[C@H](c1ccccc1)OC2=O. The van der Waals surface area contributed by atoms with Crippen LogP contribution in [0.3, 0.4) is 0 Å². The average molecular weight is 388 g/mol. The molecule has 0 fully saturated rings. The number of nitrogens with one attached hydrogen (secondary N) is 1. The van der Waals surface area contributed by atoms with Crippen LogP contribution < -0.4 is 5.32 Å². The Morgan fingerprint density at radius 2 is 1.83 bits per heavy atom. The van der Waals surface area contributed by atoms with Crippen molar-refractivity contribution in [1.29, 1.82) is 0 Å². The van der Waals surface area contributed by atoms with E-state index in [1.54, 1.807) is 18.2 Å². The number of cyclic esters (lactones) is 1. The van der Waals surface area contributed by atoms with Crippen LogP contribution in [0.25, 0.3) is 0 Å². The van der Waals surface area contributed by atoms with Crippen LogP contribution in [0, 0.1) is 10.1 Å². The second kappa shape index (κ2) is 7.55. The van der Waals surface area contributed by atoms with E-state index in [9.17, 15) is 19.7 Å². The Bertz CT molecular complexity index is 1110. The average Bonchev–Trinajstić information content (AvgIpc) is 2.74. The van der Waals surface area contributed by atoms with E-state index in [1.807, 2.05) is 30.3 Å². The van der Waals surface area contributed by atoms with Crippen molar-refractivity contribution in [1.82, 2.24) is 0 Å². The first-order chi connectivity index (χ1) is 14.0. The Morgan fingerprint density at radius 1 is 1.03 bits per heavy atom. The summed E-state index contributed by atoms with van der Waals surface area (Å²) in [5.41, 5.74) is 2.62. The van der Waals surface area contributed by atoms with Crippen LogP contribution in [0.1, 0.15) is 37.9 Å². The Hall–Kier alpha value is -4.00. The molecule has 1 aliphatic rings. The zero-order chi connectivity index (χ0) is 20.4. The first-order valence-electron chi connectivity index (χ1n) is 8.96. The number of fused-ring (bicyclic) bond motifs is 1. The number of carbonyl (C=O) groups is 2. The van der Waals surface area contributed by atoms with Gasteiger partial charge in [0.2, 0.25) is 0 Å². The minimum Gasteiger partial charge on any atom is -0.454 e. The maximum Gasteiger partial charge on any atom is 0.339 e. The van der Waals surface area contributed by atoms with Crippen molar-refractivity contribution < 1.29 is 19.2 Å². The molecule has 7 nitrogen and oxygen atoms in total. The maximum atomic E-state index is 12.6. The normalized spacial score (nSPS) is 15.2. The molecule has 0 saturated heterocycles. The molecular weight excluding hydrogens is 372 g/mol. The molecular formula is C22H16N2O5. The number of benzene rings is 3. The molecule has 4 rings (SSSR count). The van der Waals surface area contributed by atoms with Gasteiger partial charge in [-0.05, 0) is 35.4 Å². The fraction of sp³-hybridized carbons (Fsp3) is 0.0909. The summed E-state index contributed by atoms with van der Waals surface area (Å²) < 4.78 is 5.53. The molecule has 0 saturated carbocycles. The number of amides is 1. The topological polar surface area (TPSA) is 98.5 Å². The highest BCUT2D eigenvalue weighted by Gasteiger charge is 2.28. The fourth-order valence-corrected chi connectivity index (χ4v) is 3.29. The third kappa shape index (κ3) is 3.84. The minimum atomic E-state index is -0.524. The van der Waals surface area contributed by atoms with E-state index in [0.717, 1.165) is 11.1 Å². The lowest BCUT2D eigenvalue weighted by Crippen LogP contribution is -2.23. The lowest BCUT2D eigenvalue weighted by molar-refractivity contribution is -0.384. The number of nitrogens with zero attached hydrogens (tertiary/aromatic N) is 1. The van der Waals surface area contributed by atoms with Crippen molar-refractivity contribution in [3.63, 3.8) is 0 Å². The van der Waals surface area contributed by atoms with E-state index >= 15 is 0 Å². The molecule has 1 aliphatic heterocycles. The van der Waals surface area contributed by atoms with E-state index in [1.165, 1.54) is 24.3 Å². The molecule has 1 atom stereocenters. The van der Waals surface area contributed by atoms with Gasteiger partial charge in [0, 0.05) is 29.8 Å². The zero-order valence-corrected chi connectivity index (χ0v) is 15.2. The number of nitro benzene ring substituents is 1. The zero-order valence-electron chi connectivity index (χ0n) is 15.2. The molecule has 7 heteroatoms. The molecule has 0 radical (unpaired) electrons. The van der Waals surface area contributed by atoms with Crippen molar-refractivity contribution >= 4 is 23.3 Å². The molecule has 0 bridgehead atoms. The smallest absolute Gasteiger partial charge is 0.339 e. The van der Waals surface area contributed by atoms with E-state index in [0.29, 0.717) is 23.2 Å². The number of hydrogen-bond donors (Lipinski definition) is 1. The summed E-state index contributed by atoms with van der Waals surface area (Å²) in [6, 6.07) is 19.9. The first-order valence-corrected chi connectivity index (χ1v) is 8.96. The quantitative estimate of drug-likeness (QED) is 0.408. The lowest BCUT2D eigenvalue weighted by Gasteiger charge is -2.25. The number of rotatable bonds is 4. The van der Waals surface area contributed by atoms with Crippen molar-refractivity contribution in [2.45, 2.75) is 12.5 Å². The molecule has 0 unspecified atom stereocenters. The minimum absolute atomic E-state index is 0.110. The summed E-state index contributed by atoms with van der Waals surface area (Å²) in [6.07, 6.45) is 0.0505. The Morgan fingerprint density at radius 3 is 2.59 bits per heavy atom. The van der Waals surface area contributed by atoms with Crippen LogP contribution >= 0.6 is 0 Å². The highest BCUT2D eigenvalue weighted by molar-refractivity contribution is 6.05. The molecule has 3 aromatic rings. The van der Waals surface area contributed by atoms with E-state index in [4.69, 9.17) is 4.74 Å². The van der Waals surface area contributed by atoms with E-state index in [2.05, 4.69) is 5.32 Å². The Balaban J connectivity index is 1.58. The number of hydrogen-bond acceptors (Lipinski definition) is 5. The van der Waals surface area contributed by atoms with Crippen LogP contribution in [0.4, 0.5) is 11.4 Å². The highest BCUT2D eigenvalue weighted by Crippen LogP contribution is 2.31. The molecule has 1 amide bonds. The van der Waals surface area contributed by atoms with Gasteiger partial charge in [-0.3, -0.25) is 14.9 Å². The molecule has 0 aromatic heterocycles. The van der Waals surface area contributed by atoms with Crippen LogP contribution in [-0.4, -0.2) is 16.8 Å². The van der Waals surface area contributed by atoms with Crippen LogP contribution in [0.2, 0.25) is 0 Å². The summed E-state index contributed by atoms with van der Waals surface area (Å²) >= 11 is 0. The number of anilines is 1. The van der Waals surface area contributed by atoms with Gasteiger partial charge in [-0.25, -0.2) is 4.79 Å². The van der Waals surface area contributed by atoms with Crippen LogP contribution in [-0.2, 0) is 11.2 Å². The predicted octanol–water partition coefficient (Wildman–Crippen LogP) is 4.30. The van der Waals surface area contributed by atoms with Gasteiger partial charge in [-0.15, -0.1) is 0 Å². The molecule has 3 aromatic carbocycles. The fourth-order valence-electron chi connectivity index (χ4n) is 3.29. The first kappa shape index (κ1) is 18.4. The third-order valence-electron chi connectivity index (χ3n) is 4.73. The maximum absolute atomic E-state index is 12.6. The molecule has 1 heterocycles. The van der Waals surface area contributed by atoms with Crippen LogP contribution in [0.5, 0.6) is 0 Å². The molecule has 1 N–H and O–H groups in total. The van der Waals surface area contributed by atoms with Gasteiger partial charge < -0.3 is 10.1 Å². The van der Waals surface area contributed by atoms with Gasteiger partial charge in [0.1, 0.15) is 6.10 Å². The second-order valence-corrected chi connectivity index (χ2v) is 6.64. The Labute approximate surface area is 166 Å². The van der Waals surface area contributed by atoms with Gasteiger partial charge in [0.05, 0.1) is 10.5 Å². The van der Waals surface area contributed by atoms with Crippen LogP contribution in [0.15, 0.2) is 72.8 Å². The largest absolute Gasteiger partial charge is 0.454 e. The monoisotopic (exact) mass is 388 g/mol. The Kier molecular flexibility index (Phi) is 4.78. The summed E-state index contributed by atoms with van der Waals surface area (Å²) in [7, 11) is 0. The summed E-state index contributed by atoms with van der Waals surface area (Å²) in [5, 5.41) is 13.6. The summed E-state index contributed by atoms with van der Waals surface area (Å²) in [4.78, 5) is 35.3. The standard InChI is InChI=1S/C22H16N2O5/c25-21(23-17-7-4-8-18(13-17)24(27)28)15-9-10-19-16(11-15)12-20(29-22(19)26)14-5-2-1-3-6-14/h1-11,13,20H,12H2,(H,23,25)/t20-/m1/s1. The summed E-state index contributed by atoms with van der Waals surface area (Å²) in [6.45, 7) is 0. The van der Waals surface area contributed by atoms with Crippen molar-refractivity contribution in [3.05, 3.63) is 105 Å². The van der Waals surface area contributed by atoms with Gasteiger partial charge in [0.15, 0.2) is 0 Å². The highest BCUT2D eigenvalue weighted by atomic mass is 16.6. The number of esters is 1.